The topological polar surface area (TPSA) is 67.3 Å². The molecule has 1 aliphatic carbocycles. The van der Waals surface area contributed by atoms with Crippen LogP contribution in [0.3, 0.4) is 0 Å². The average Bonchev–Trinajstić information content (AvgIpc) is 2.62. The van der Waals surface area contributed by atoms with Crippen LogP contribution in [0, 0.1) is 0 Å². The molecule has 1 atom stereocenters. The lowest BCUT2D eigenvalue weighted by molar-refractivity contribution is 0.0664. The van der Waals surface area contributed by atoms with Gasteiger partial charge in [0.25, 0.3) is 5.91 Å². The van der Waals surface area contributed by atoms with Crippen molar-refractivity contribution in [2.45, 2.75) is 37.1 Å². The van der Waals surface area contributed by atoms with Crippen molar-refractivity contribution in [3.63, 3.8) is 0 Å². The summed E-state index contributed by atoms with van der Waals surface area (Å²) in [5.74, 6) is -0.156. The maximum Gasteiger partial charge on any atom is 0.254 e. The summed E-state index contributed by atoms with van der Waals surface area (Å²) in [4.78, 5) is 19.5. The summed E-state index contributed by atoms with van der Waals surface area (Å²) in [5.41, 5.74) is 2.55. The number of carbonyl (C=O) groups excluding carboxylic acids is 1. The van der Waals surface area contributed by atoms with E-state index in [-0.39, 0.29) is 16.8 Å². The molecule has 0 bridgehead atoms. The smallest absolute Gasteiger partial charge is 0.254 e. The van der Waals surface area contributed by atoms with Crippen molar-refractivity contribution in [3.8, 4) is 0 Å². The van der Waals surface area contributed by atoms with Crippen LogP contribution in [0.2, 0.25) is 0 Å². The van der Waals surface area contributed by atoms with Crippen LogP contribution in [0.1, 0.15) is 47.4 Å². The van der Waals surface area contributed by atoms with E-state index in [1.165, 1.54) is 17.7 Å². The van der Waals surface area contributed by atoms with Gasteiger partial charge in [-0.2, -0.15) is 0 Å². The SMILES string of the molecule is CCN(C(=O)c1cccc(S(C)(=O)=O)c1)[C@@H]1CCCc2cccnc21. The standard InChI is InChI=1S/C19H22N2O3S/c1-3-21(17-11-5-7-14-9-6-12-20-18(14)17)19(22)15-8-4-10-16(13-15)25(2,23)24/h4,6,8-10,12-13,17H,3,5,7,11H2,1-2H3/t17-/m1/s1. The molecule has 0 unspecified atom stereocenters. The molecule has 0 radical (unpaired) electrons. The zero-order valence-electron chi connectivity index (χ0n) is 14.5. The highest BCUT2D eigenvalue weighted by Gasteiger charge is 2.30. The molecule has 1 heterocycles. The van der Waals surface area contributed by atoms with Crippen molar-refractivity contribution < 1.29 is 13.2 Å². The molecule has 0 fully saturated rings. The molecular weight excluding hydrogens is 336 g/mol. The van der Waals surface area contributed by atoms with E-state index < -0.39 is 9.84 Å². The predicted octanol–water partition coefficient (Wildman–Crippen LogP) is 3.02. The van der Waals surface area contributed by atoms with E-state index >= 15 is 0 Å². The number of aromatic nitrogens is 1. The first kappa shape index (κ1) is 17.6. The number of aryl methyl sites for hydroxylation is 1. The predicted molar refractivity (Wildman–Crippen MR) is 96.2 cm³/mol. The lowest BCUT2D eigenvalue weighted by Crippen LogP contribution is -2.37. The molecule has 2 aromatic rings. The van der Waals surface area contributed by atoms with Crippen molar-refractivity contribution in [1.82, 2.24) is 9.88 Å². The Morgan fingerprint density at radius 1 is 1.28 bits per heavy atom. The highest BCUT2D eigenvalue weighted by Crippen LogP contribution is 2.33. The second-order valence-electron chi connectivity index (χ2n) is 6.35. The van der Waals surface area contributed by atoms with Crippen LogP contribution in [-0.4, -0.2) is 37.0 Å². The van der Waals surface area contributed by atoms with E-state index in [0.29, 0.717) is 12.1 Å². The van der Waals surface area contributed by atoms with Crippen LogP contribution in [0.15, 0.2) is 47.5 Å². The number of pyridine rings is 1. The Morgan fingerprint density at radius 3 is 2.80 bits per heavy atom. The first-order chi connectivity index (χ1) is 11.9. The molecule has 132 valence electrons. The Morgan fingerprint density at radius 2 is 2.08 bits per heavy atom. The van der Waals surface area contributed by atoms with Gasteiger partial charge in [-0.3, -0.25) is 9.78 Å². The van der Waals surface area contributed by atoms with Crippen LogP contribution < -0.4 is 0 Å². The third-order valence-electron chi connectivity index (χ3n) is 4.65. The van der Waals surface area contributed by atoms with Crippen LogP contribution in [-0.2, 0) is 16.3 Å². The van der Waals surface area contributed by atoms with Crippen LogP contribution in [0.4, 0.5) is 0 Å². The molecule has 0 saturated carbocycles. The monoisotopic (exact) mass is 358 g/mol. The second kappa shape index (κ2) is 6.96. The number of benzene rings is 1. The molecule has 1 aliphatic rings. The zero-order chi connectivity index (χ0) is 18.0. The van der Waals surface area contributed by atoms with Gasteiger partial charge in [-0.1, -0.05) is 12.1 Å². The lowest BCUT2D eigenvalue weighted by atomic mass is 9.90. The van der Waals surface area contributed by atoms with Gasteiger partial charge >= 0.3 is 0 Å². The highest BCUT2D eigenvalue weighted by molar-refractivity contribution is 7.90. The molecule has 5 nitrogen and oxygen atoms in total. The molecular formula is C19H22N2O3S. The number of hydrogen-bond acceptors (Lipinski definition) is 4. The maximum absolute atomic E-state index is 13.1. The van der Waals surface area contributed by atoms with Crippen molar-refractivity contribution >= 4 is 15.7 Å². The Balaban J connectivity index is 1.96. The van der Waals surface area contributed by atoms with Gasteiger partial charge in [-0.15, -0.1) is 0 Å². The van der Waals surface area contributed by atoms with Crippen molar-refractivity contribution in [2.24, 2.45) is 0 Å². The van der Waals surface area contributed by atoms with Gasteiger partial charge < -0.3 is 4.90 Å². The van der Waals surface area contributed by atoms with Gasteiger partial charge in [0, 0.05) is 24.6 Å². The van der Waals surface area contributed by atoms with E-state index in [1.54, 1.807) is 23.2 Å². The first-order valence-electron chi connectivity index (χ1n) is 8.46. The fraction of sp³-hybridized carbons (Fsp3) is 0.368. The first-order valence-corrected chi connectivity index (χ1v) is 10.4. The van der Waals surface area contributed by atoms with Gasteiger partial charge in [0.2, 0.25) is 0 Å². The molecule has 1 aromatic heterocycles. The Bertz CT molecular complexity index is 893. The largest absolute Gasteiger partial charge is 0.330 e. The molecule has 1 amide bonds. The van der Waals surface area contributed by atoms with Gasteiger partial charge in [0.15, 0.2) is 9.84 Å². The number of sulfone groups is 1. The molecule has 0 saturated heterocycles. The summed E-state index contributed by atoms with van der Waals surface area (Å²) >= 11 is 0. The minimum absolute atomic E-state index is 0.0654. The van der Waals surface area contributed by atoms with Crippen molar-refractivity contribution in [1.29, 1.82) is 0 Å². The minimum atomic E-state index is -3.35. The molecule has 0 N–H and O–H groups in total. The third-order valence-corrected chi connectivity index (χ3v) is 5.76. The summed E-state index contributed by atoms with van der Waals surface area (Å²) in [6.45, 7) is 2.48. The summed E-state index contributed by atoms with van der Waals surface area (Å²) < 4.78 is 23.6. The fourth-order valence-electron chi connectivity index (χ4n) is 3.42. The molecule has 1 aromatic carbocycles. The number of fused-ring (bicyclic) bond motifs is 1. The lowest BCUT2D eigenvalue weighted by Gasteiger charge is -2.34. The normalized spacial score (nSPS) is 17.0. The third kappa shape index (κ3) is 3.58. The van der Waals surface area contributed by atoms with Gasteiger partial charge in [-0.25, -0.2) is 8.42 Å². The Hall–Kier alpha value is -2.21. The quantitative estimate of drug-likeness (QED) is 0.842. The zero-order valence-corrected chi connectivity index (χ0v) is 15.3. The van der Waals surface area contributed by atoms with Crippen LogP contribution in [0.5, 0.6) is 0 Å². The molecule has 0 spiro atoms. The van der Waals surface area contributed by atoms with Crippen molar-refractivity contribution in [2.75, 3.05) is 12.8 Å². The van der Waals surface area contributed by atoms with E-state index in [4.69, 9.17) is 0 Å². The highest BCUT2D eigenvalue weighted by atomic mass is 32.2. The summed E-state index contributed by atoms with van der Waals surface area (Å²) in [5, 5.41) is 0. The summed E-state index contributed by atoms with van der Waals surface area (Å²) in [7, 11) is -3.35. The Kier molecular flexibility index (Phi) is 4.90. The van der Waals surface area contributed by atoms with Gasteiger partial charge in [-0.05, 0) is 56.0 Å². The molecule has 25 heavy (non-hydrogen) atoms. The molecule has 3 rings (SSSR count). The number of amides is 1. The van der Waals surface area contributed by atoms with Crippen LogP contribution in [0.25, 0.3) is 0 Å². The minimum Gasteiger partial charge on any atom is -0.330 e. The van der Waals surface area contributed by atoms with Gasteiger partial charge in [0.1, 0.15) is 0 Å². The average molecular weight is 358 g/mol. The summed E-state index contributed by atoms with van der Waals surface area (Å²) in [6.07, 6.45) is 5.77. The Labute approximate surface area is 148 Å². The maximum atomic E-state index is 13.1. The van der Waals surface area contributed by atoms with Gasteiger partial charge in [0.05, 0.1) is 16.6 Å². The van der Waals surface area contributed by atoms with E-state index in [1.807, 2.05) is 13.0 Å². The number of nitrogens with zero attached hydrogens (tertiary/aromatic N) is 2. The van der Waals surface area contributed by atoms with Crippen molar-refractivity contribution in [3.05, 3.63) is 59.4 Å². The number of carbonyl (C=O) groups is 1. The van der Waals surface area contributed by atoms with E-state index in [0.717, 1.165) is 31.2 Å². The summed E-state index contributed by atoms with van der Waals surface area (Å²) in [6, 6.07) is 10.2. The number of hydrogen-bond donors (Lipinski definition) is 0. The van der Waals surface area contributed by atoms with E-state index in [2.05, 4.69) is 11.1 Å². The van der Waals surface area contributed by atoms with E-state index in [9.17, 15) is 13.2 Å². The molecule has 6 heteroatoms. The second-order valence-corrected chi connectivity index (χ2v) is 8.36. The van der Waals surface area contributed by atoms with Crippen LogP contribution >= 0.6 is 0 Å². The fourth-order valence-corrected chi connectivity index (χ4v) is 4.09. The molecule has 0 aliphatic heterocycles. The number of rotatable bonds is 4.